The molecule has 1 saturated carbocycles. The fourth-order valence-electron chi connectivity index (χ4n) is 7.60. The van der Waals surface area contributed by atoms with Crippen molar-refractivity contribution in [2.24, 2.45) is 5.92 Å². The minimum absolute atomic E-state index is 0.0616. The van der Waals surface area contributed by atoms with Crippen LogP contribution < -0.4 is 16.0 Å². The molecular formula is C36H47N11O3. The fourth-order valence-corrected chi connectivity index (χ4v) is 7.60. The van der Waals surface area contributed by atoms with Gasteiger partial charge in [-0.2, -0.15) is 5.26 Å². The molecule has 3 amide bonds. The van der Waals surface area contributed by atoms with Gasteiger partial charge in [0.1, 0.15) is 6.04 Å². The van der Waals surface area contributed by atoms with Crippen LogP contribution in [0.2, 0.25) is 0 Å². The number of likely N-dealkylation sites (tertiary alicyclic amines) is 1. The molecule has 2 fully saturated rings. The average Bonchev–Trinajstić information content (AvgIpc) is 3.48. The van der Waals surface area contributed by atoms with E-state index in [-0.39, 0.29) is 36.3 Å². The monoisotopic (exact) mass is 681 g/mol. The summed E-state index contributed by atoms with van der Waals surface area (Å²) in [6.45, 7) is 3.06. The van der Waals surface area contributed by atoms with Crippen molar-refractivity contribution in [2.75, 3.05) is 67.5 Å². The summed E-state index contributed by atoms with van der Waals surface area (Å²) in [6, 6.07) is 13.7. The van der Waals surface area contributed by atoms with Crippen LogP contribution in [-0.4, -0.2) is 133 Å². The molecular weight excluding hydrogens is 634 g/mol. The van der Waals surface area contributed by atoms with Gasteiger partial charge in [-0.25, -0.2) is 5.10 Å². The number of aromatic amines is 1. The molecule has 6 rings (SSSR count). The van der Waals surface area contributed by atoms with Crippen LogP contribution in [0.4, 0.5) is 0 Å². The summed E-state index contributed by atoms with van der Waals surface area (Å²) >= 11 is 0. The van der Waals surface area contributed by atoms with E-state index in [9.17, 15) is 19.6 Å². The summed E-state index contributed by atoms with van der Waals surface area (Å²) in [5, 5.41) is 34.5. The molecule has 0 bridgehead atoms. The first-order chi connectivity index (χ1) is 24.1. The lowest BCUT2D eigenvalue weighted by atomic mass is 9.69. The highest BCUT2D eigenvalue weighted by molar-refractivity contribution is 5.95. The van der Waals surface area contributed by atoms with Crippen LogP contribution >= 0.6 is 0 Å². The zero-order valence-electron chi connectivity index (χ0n) is 29.3. The lowest BCUT2D eigenvalue weighted by Gasteiger charge is -2.35. The number of tetrazole rings is 1. The number of nitriles is 1. The summed E-state index contributed by atoms with van der Waals surface area (Å²) in [4.78, 5) is 45.5. The van der Waals surface area contributed by atoms with Gasteiger partial charge in [0, 0.05) is 43.3 Å². The summed E-state index contributed by atoms with van der Waals surface area (Å²) < 4.78 is 0. The first-order valence-corrected chi connectivity index (χ1v) is 17.4. The molecule has 2 heterocycles. The Labute approximate surface area is 293 Å². The number of nitrogens with one attached hydrogen (secondary N) is 4. The molecule has 1 saturated heterocycles. The smallest absolute Gasteiger partial charge is 0.251 e. The molecule has 50 heavy (non-hydrogen) atoms. The summed E-state index contributed by atoms with van der Waals surface area (Å²) in [5.41, 5.74) is 4.14. The summed E-state index contributed by atoms with van der Waals surface area (Å²) in [7, 11) is 7.86. The number of hydrogen-bond acceptors (Lipinski definition) is 10. The van der Waals surface area contributed by atoms with Gasteiger partial charge in [-0.3, -0.25) is 14.4 Å². The predicted octanol–water partition coefficient (Wildman–Crippen LogP) is 0.708. The molecule has 0 unspecified atom stereocenters. The topological polar surface area (TPSA) is 175 Å². The summed E-state index contributed by atoms with van der Waals surface area (Å²) in [6.07, 6.45) is 3.48. The first kappa shape index (κ1) is 35.1. The van der Waals surface area contributed by atoms with Crippen molar-refractivity contribution < 1.29 is 14.4 Å². The van der Waals surface area contributed by atoms with Gasteiger partial charge in [-0.05, 0) is 130 Å². The minimum Gasteiger partial charge on any atom is -0.351 e. The van der Waals surface area contributed by atoms with Gasteiger partial charge in [0.2, 0.25) is 5.91 Å². The first-order valence-electron chi connectivity index (χ1n) is 17.4. The van der Waals surface area contributed by atoms with Gasteiger partial charge in [0.05, 0.1) is 18.0 Å². The molecule has 2 aliphatic carbocycles. The van der Waals surface area contributed by atoms with E-state index in [2.05, 4.69) is 42.6 Å². The third-order valence-corrected chi connectivity index (χ3v) is 10.3. The number of piperidine rings is 1. The molecule has 0 spiro atoms. The standard InChI is InChI=1S/C36H47N11O3/c1-45(2)15-13-39-33(49)25-7-9-29-23(17-25)5-6-24-18-26(34(50)40-14-16-46(3)4)8-10-30(24)36(29,35-41-43-44-42-35)11-12-38-22-32(48)47-28(21-37)19-27-20-31(27)47/h7-10,17-18,27-28,31,38H,5-6,11-16,19-20,22H2,1-4H3,(H,39,49)(H,40,50)(H,41,42,43,44)/t27-,28+,31+/m1/s1. The zero-order valence-corrected chi connectivity index (χ0v) is 29.3. The van der Waals surface area contributed by atoms with Crippen LogP contribution in [-0.2, 0) is 23.1 Å². The fraction of sp³-hybridized carbons (Fsp3) is 0.528. The normalized spacial score (nSPS) is 20.0. The van der Waals surface area contributed by atoms with E-state index in [4.69, 9.17) is 0 Å². The zero-order chi connectivity index (χ0) is 35.4. The van der Waals surface area contributed by atoms with E-state index < -0.39 is 5.41 Å². The van der Waals surface area contributed by atoms with E-state index in [1.54, 1.807) is 4.90 Å². The molecule has 1 aliphatic heterocycles. The average molecular weight is 682 g/mol. The van der Waals surface area contributed by atoms with E-state index in [1.165, 1.54) is 0 Å². The molecule has 3 atom stereocenters. The second-order valence-corrected chi connectivity index (χ2v) is 14.2. The number of benzene rings is 2. The lowest BCUT2D eigenvalue weighted by molar-refractivity contribution is -0.131. The Hall–Kier alpha value is -4.71. The van der Waals surface area contributed by atoms with Crippen LogP contribution in [0.15, 0.2) is 36.4 Å². The number of nitrogens with zero attached hydrogens (tertiary/aromatic N) is 7. The number of carbonyl (C=O) groups excluding carboxylic acids is 3. The van der Waals surface area contributed by atoms with Crippen LogP contribution in [0.1, 0.15) is 68.1 Å². The number of likely N-dealkylation sites (N-methyl/N-ethyl adjacent to an activating group) is 2. The molecule has 3 aliphatic rings. The van der Waals surface area contributed by atoms with Crippen molar-refractivity contribution in [3.8, 4) is 6.07 Å². The van der Waals surface area contributed by atoms with E-state index in [0.29, 0.717) is 61.8 Å². The Morgan fingerprint density at radius 3 is 2.04 bits per heavy atom. The maximum absolute atomic E-state index is 13.3. The highest BCUT2D eigenvalue weighted by Gasteiger charge is 2.54. The van der Waals surface area contributed by atoms with Crippen molar-refractivity contribution in [3.05, 3.63) is 75.6 Å². The number of hydrogen-bond donors (Lipinski definition) is 4. The number of aromatic nitrogens is 4. The predicted molar refractivity (Wildman–Crippen MR) is 186 cm³/mol. The molecule has 1 aromatic heterocycles. The number of rotatable bonds is 14. The number of carbonyl (C=O) groups is 3. The number of amides is 3. The number of aryl methyl sites for hydroxylation is 2. The Morgan fingerprint density at radius 2 is 1.52 bits per heavy atom. The van der Waals surface area contributed by atoms with Crippen molar-refractivity contribution in [3.63, 3.8) is 0 Å². The Kier molecular flexibility index (Phi) is 10.6. The molecule has 14 heteroatoms. The third kappa shape index (κ3) is 7.26. The van der Waals surface area contributed by atoms with Crippen molar-refractivity contribution in [1.82, 2.24) is 51.3 Å². The SMILES string of the molecule is CN(C)CCNC(=O)c1ccc2c(c1)CCc1cc(C(=O)NCCN(C)C)ccc1C2(CCNCC(=O)N1[C@H](C#N)C[C@@H]2C[C@@H]21)c1nnn[nH]1. The second-order valence-electron chi connectivity index (χ2n) is 14.2. The molecule has 264 valence electrons. The second kappa shape index (κ2) is 15.0. The highest BCUT2D eigenvalue weighted by Crippen LogP contribution is 2.48. The van der Waals surface area contributed by atoms with E-state index in [1.807, 2.05) is 74.4 Å². The van der Waals surface area contributed by atoms with Gasteiger partial charge >= 0.3 is 0 Å². The molecule has 3 aromatic rings. The molecule has 2 aromatic carbocycles. The van der Waals surface area contributed by atoms with Crippen LogP contribution in [0.25, 0.3) is 0 Å². The minimum atomic E-state index is -0.884. The van der Waals surface area contributed by atoms with Gasteiger partial charge in [-0.1, -0.05) is 12.1 Å². The Bertz CT molecular complexity index is 1670. The molecule has 4 N–H and O–H groups in total. The highest BCUT2D eigenvalue weighted by atomic mass is 16.2. The maximum Gasteiger partial charge on any atom is 0.251 e. The van der Waals surface area contributed by atoms with Crippen LogP contribution in [0.3, 0.4) is 0 Å². The number of H-pyrrole nitrogens is 1. The van der Waals surface area contributed by atoms with E-state index in [0.717, 1.165) is 48.2 Å². The van der Waals surface area contributed by atoms with E-state index >= 15 is 0 Å². The maximum atomic E-state index is 13.3. The Balaban J connectivity index is 1.33. The van der Waals surface area contributed by atoms with Gasteiger partial charge in [0.15, 0.2) is 5.82 Å². The van der Waals surface area contributed by atoms with Crippen molar-refractivity contribution in [1.29, 1.82) is 5.26 Å². The largest absolute Gasteiger partial charge is 0.351 e. The lowest BCUT2D eigenvalue weighted by Crippen LogP contribution is -2.44. The quantitative estimate of drug-likeness (QED) is 0.177. The molecule has 14 nitrogen and oxygen atoms in total. The van der Waals surface area contributed by atoms with Crippen molar-refractivity contribution in [2.45, 2.75) is 49.6 Å². The van der Waals surface area contributed by atoms with Gasteiger partial charge in [-0.15, -0.1) is 5.10 Å². The van der Waals surface area contributed by atoms with Gasteiger partial charge in [0.25, 0.3) is 11.8 Å². The van der Waals surface area contributed by atoms with Crippen molar-refractivity contribution >= 4 is 17.7 Å². The third-order valence-electron chi connectivity index (χ3n) is 10.3. The van der Waals surface area contributed by atoms with Crippen LogP contribution in [0, 0.1) is 17.2 Å². The summed E-state index contributed by atoms with van der Waals surface area (Å²) in [5.74, 6) is 0.635. The van der Waals surface area contributed by atoms with Gasteiger partial charge < -0.3 is 30.7 Å². The number of fused-ring (bicyclic) bond motifs is 3. The van der Waals surface area contributed by atoms with Crippen LogP contribution in [0.5, 0.6) is 0 Å². The Morgan fingerprint density at radius 1 is 0.920 bits per heavy atom. The molecule has 0 radical (unpaired) electrons.